The van der Waals surface area contributed by atoms with Gasteiger partial charge >= 0.3 is 0 Å². The topological polar surface area (TPSA) is 50.5 Å². The Hall–Kier alpha value is -0.980. The highest BCUT2D eigenvalue weighted by Crippen LogP contribution is 2.28. The zero-order valence-corrected chi connectivity index (χ0v) is 14.5. The van der Waals surface area contributed by atoms with E-state index < -0.39 is 0 Å². The number of rotatable bonds is 3. The Balaban J connectivity index is 1.79. The van der Waals surface area contributed by atoms with Gasteiger partial charge in [0.15, 0.2) is 10.8 Å². The summed E-state index contributed by atoms with van der Waals surface area (Å²) < 4.78 is 1.73. The summed E-state index contributed by atoms with van der Waals surface area (Å²) in [5.74, 6) is 0.148. The summed E-state index contributed by atoms with van der Waals surface area (Å²) in [6.07, 6.45) is 5.09. The molecule has 8 heteroatoms. The predicted octanol–water partition coefficient (Wildman–Crippen LogP) is 3.53. The Kier molecular flexibility index (Phi) is 4.80. The van der Waals surface area contributed by atoms with Crippen LogP contribution in [-0.4, -0.2) is 43.7 Å². The highest BCUT2D eigenvalue weighted by Gasteiger charge is 2.24. The Bertz CT molecular complexity index is 699. The molecule has 3 rings (SSSR count). The van der Waals surface area contributed by atoms with Crippen molar-refractivity contribution in [3.05, 3.63) is 22.3 Å². The number of halogens is 2. The van der Waals surface area contributed by atoms with Gasteiger partial charge in [0.1, 0.15) is 0 Å². The third-order valence-electron chi connectivity index (χ3n) is 3.69. The van der Waals surface area contributed by atoms with E-state index in [1.54, 1.807) is 16.7 Å². The van der Waals surface area contributed by atoms with Gasteiger partial charge in [0.05, 0.1) is 15.3 Å². The number of thioether (sulfide) groups is 1. The number of aromatic nitrogens is 3. The summed E-state index contributed by atoms with van der Waals surface area (Å²) in [5.41, 5.74) is 0.547. The number of nitrogens with zero attached hydrogens (tertiary/aromatic N) is 4. The fourth-order valence-corrected chi connectivity index (χ4v) is 3.98. The smallest absolute Gasteiger partial charge is 0.235 e. The minimum atomic E-state index is -0.219. The average molecular weight is 359 g/mol. The highest BCUT2D eigenvalue weighted by atomic mass is 35.5. The molecule has 1 aliphatic heterocycles. The van der Waals surface area contributed by atoms with Crippen molar-refractivity contribution < 1.29 is 4.79 Å². The Morgan fingerprint density at radius 2 is 2.00 bits per heavy atom. The van der Waals surface area contributed by atoms with Crippen LogP contribution >= 0.6 is 35.0 Å². The maximum absolute atomic E-state index is 12.5. The summed E-state index contributed by atoms with van der Waals surface area (Å²) in [6, 6.07) is 1.63. The van der Waals surface area contributed by atoms with Gasteiger partial charge in [0, 0.05) is 19.3 Å². The second-order valence-electron chi connectivity index (χ2n) is 5.33. The molecule has 1 fully saturated rings. The van der Waals surface area contributed by atoms with E-state index in [2.05, 4.69) is 10.2 Å². The van der Waals surface area contributed by atoms with Gasteiger partial charge in [-0.15, -0.1) is 10.2 Å². The summed E-state index contributed by atoms with van der Waals surface area (Å²) >= 11 is 13.5. The van der Waals surface area contributed by atoms with E-state index in [9.17, 15) is 4.79 Å². The van der Waals surface area contributed by atoms with Crippen molar-refractivity contribution in [1.29, 1.82) is 0 Å². The molecular weight excluding hydrogens is 343 g/mol. The maximum Gasteiger partial charge on any atom is 0.235 e. The first kappa shape index (κ1) is 15.9. The average Bonchev–Trinajstić information content (AvgIpc) is 2.90. The zero-order chi connectivity index (χ0) is 15.7. The summed E-state index contributed by atoms with van der Waals surface area (Å²) in [7, 11) is 0. The van der Waals surface area contributed by atoms with Crippen LogP contribution in [0.3, 0.4) is 0 Å². The first-order chi connectivity index (χ1) is 10.6. The van der Waals surface area contributed by atoms with Crippen molar-refractivity contribution in [3.63, 3.8) is 0 Å². The van der Waals surface area contributed by atoms with E-state index >= 15 is 0 Å². The molecule has 0 spiro atoms. The molecule has 0 saturated carbocycles. The fraction of sp³-hybridized carbons (Fsp3) is 0.500. The molecule has 0 unspecified atom stereocenters. The lowest BCUT2D eigenvalue weighted by atomic mass is 10.1. The number of pyridine rings is 1. The van der Waals surface area contributed by atoms with Crippen LogP contribution in [0.1, 0.15) is 26.2 Å². The lowest BCUT2D eigenvalue weighted by Crippen LogP contribution is -2.40. The van der Waals surface area contributed by atoms with Crippen LogP contribution in [0.2, 0.25) is 10.0 Å². The number of likely N-dealkylation sites (tertiary alicyclic amines) is 1. The van der Waals surface area contributed by atoms with E-state index in [-0.39, 0.29) is 11.2 Å². The molecule has 1 aliphatic rings. The molecule has 0 radical (unpaired) electrons. The van der Waals surface area contributed by atoms with Gasteiger partial charge in [-0.25, -0.2) is 0 Å². The summed E-state index contributed by atoms with van der Waals surface area (Å²) in [5, 5.41) is 9.55. The Morgan fingerprint density at radius 1 is 1.27 bits per heavy atom. The molecule has 0 aromatic carbocycles. The molecule has 22 heavy (non-hydrogen) atoms. The van der Waals surface area contributed by atoms with Gasteiger partial charge in [-0.2, -0.15) is 0 Å². The number of carbonyl (C=O) groups is 1. The number of hydrogen-bond donors (Lipinski definition) is 0. The number of amides is 1. The highest BCUT2D eigenvalue weighted by molar-refractivity contribution is 8.00. The van der Waals surface area contributed by atoms with Gasteiger partial charge in [0.2, 0.25) is 5.91 Å². The van der Waals surface area contributed by atoms with Crippen molar-refractivity contribution in [3.8, 4) is 0 Å². The third-order valence-corrected chi connectivity index (χ3v) is 5.22. The lowest BCUT2D eigenvalue weighted by molar-refractivity contribution is -0.131. The van der Waals surface area contributed by atoms with Crippen molar-refractivity contribution in [1.82, 2.24) is 19.5 Å². The Labute approximate surface area is 143 Å². The minimum absolute atomic E-state index is 0.148. The first-order valence-electron chi connectivity index (χ1n) is 7.21. The predicted molar refractivity (Wildman–Crippen MR) is 88.8 cm³/mol. The van der Waals surface area contributed by atoms with Gasteiger partial charge in [-0.3, -0.25) is 9.20 Å². The van der Waals surface area contributed by atoms with E-state index in [1.165, 1.54) is 18.2 Å². The van der Waals surface area contributed by atoms with Crippen LogP contribution in [-0.2, 0) is 4.79 Å². The second kappa shape index (κ2) is 6.64. The molecule has 1 atom stereocenters. The van der Waals surface area contributed by atoms with Crippen molar-refractivity contribution >= 4 is 46.5 Å². The minimum Gasteiger partial charge on any atom is -0.342 e. The largest absolute Gasteiger partial charge is 0.342 e. The molecule has 2 aromatic rings. The van der Waals surface area contributed by atoms with Crippen molar-refractivity contribution in [2.24, 2.45) is 0 Å². The molecule has 0 aliphatic carbocycles. The van der Waals surface area contributed by atoms with Crippen LogP contribution in [0.15, 0.2) is 17.4 Å². The van der Waals surface area contributed by atoms with Gasteiger partial charge in [-0.1, -0.05) is 35.0 Å². The maximum atomic E-state index is 12.5. The van der Waals surface area contributed by atoms with E-state index in [0.29, 0.717) is 20.8 Å². The SMILES string of the molecule is C[C@@H](Sc1nnc2c(Cl)cc(Cl)cn12)C(=O)N1CCCCC1. The fourth-order valence-electron chi connectivity index (χ4n) is 2.56. The quantitative estimate of drug-likeness (QED) is 0.787. The van der Waals surface area contributed by atoms with Crippen LogP contribution < -0.4 is 0 Å². The van der Waals surface area contributed by atoms with Gasteiger partial charge in [-0.05, 0) is 32.3 Å². The normalized spacial score (nSPS) is 17.0. The molecule has 1 amide bonds. The van der Waals surface area contributed by atoms with Crippen LogP contribution in [0, 0.1) is 0 Å². The Morgan fingerprint density at radius 3 is 2.73 bits per heavy atom. The molecular formula is C14H16Cl2N4OS. The first-order valence-corrected chi connectivity index (χ1v) is 8.85. The molecule has 1 saturated heterocycles. The van der Waals surface area contributed by atoms with Crippen LogP contribution in [0.25, 0.3) is 5.65 Å². The standard InChI is InChI=1S/C14H16Cl2N4OS/c1-9(13(21)19-5-3-2-4-6-19)22-14-18-17-12-11(16)7-10(15)8-20(12)14/h7-9H,2-6H2,1H3/t9-/m1/s1. The zero-order valence-electron chi connectivity index (χ0n) is 12.1. The van der Waals surface area contributed by atoms with Crippen molar-refractivity contribution in [2.45, 2.75) is 36.6 Å². The lowest BCUT2D eigenvalue weighted by Gasteiger charge is -2.28. The monoisotopic (exact) mass is 358 g/mol. The summed E-state index contributed by atoms with van der Waals surface area (Å²) in [6.45, 7) is 3.60. The number of piperidine rings is 1. The molecule has 0 bridgehead atoms. The molecule has 5 nitrogen and oxygen atoms in total. The third kappa shape index (κ3) is 3.19. The van der Waals surface area contributed by atoms with E-state index in [1.807, 2.05) is 11.8 Å². The molecule has 118 valence electrons. The molecule has 3 heterocycles. The molecule has 2 aromatic heterocycles. The number of fused-ring (bicyclic) bond motifs is 1. The van der Waals surface area contributed by atoms with E-state index in [4.69, 9.17) is 23.2 Å². The van der Waals surface area contributed by atoms with Crippen LogP contribution in [0.4, 0.5) is 0 Å². The van der Waals surface area contributed by atoms with Crippen LogP contribution in [0.5, 0.6) is 0 Å². The molecule has 0 N–H and O–H groups in total. The summed E-state index contributed by atoms with van der Waals surface area (Å²) in [4.78, 5) is 14.4. The number of hydrogen-bond acceptors (Lipinski definition) is 4. The van der Waals surface area contributed by atoms with E-state index in [0.717, 1.165) is 25.9 Å². The number of carbonyl (C=O) groups excluding carboxylic acids is 1. The van der Waals surface area contributed by atoms with Crippen molar-refractivity contribution in [2.75, 3.05) is 13.1 Å². The van der Waals surface area contributed by atoms with Gasteiger partial charge in [0.25, 0.3) is 0 Å². The van der Waals surface area contributed by atoms with Gasteiger partial charge < -0.3 is 4.90 Å². The second-order valence-corrected chi connectivity index (χ2v) is 7.48.